The summed E-state index contributed by atoms with van der Waals surface area (Å²) in [6.45, 7) is 3.37. The molecule has 29 heavy (non-hydrogen) atoms. The monoisotopic (exact) mass is 412 g/mol. The Morgan fingerprint density at radius 2 is 1.93 bits per heavy atom. The third-order valence-corrected chi connectivity index (χ3v) is 4.70. The highest BCUT2D eigenvalue weighted by Gasteiger charge is 2.54. The summed E-state index contributed by atoms with van der Waals surface area (Å²) in [6.07, 6.45) is -0.112. The predicted octanol–water partition coefficient (Wildman–Crippen LogP) is 3.85. The molecule has 2 aliphatic heterocycles. The van der Waals surface area contributed by atoms with Crippen LogP contribution in [-0.4, -0.2) is 24.3 Å². The molecular formula is C22H17ClO6. The van der Waals surface area contributed by atoms with Crippen molar-refractivity contribution in [1.29, 1.82) is 0 Å². The molecule has 6 nitrogen and oxygen atoms in total. The molecule has 1 unspecified atom stereocenters. The van der Waals surface area contributed by atoms with Gasteiger partial charge in [0.15, 0.2) is 17.3 Å². The van der Waals surface area contributed by atoms with Crippen molar-refractivity contribution in [2.24, 2.45) is 0 Å². The van der Waals surface area contributed by atoms with Crippen LogP contribution in [0.15, 0.2) is 42.5 Å². The molecule has 0 N–H and O–H groups in total. The normalized spacial score (nSPS) is 21.3. The molecule has 0 bridgehead atoms. The molecule has 1 fully saturated rings. The molecule has 2 aromatic carbocycles. The van der Waals surface area contributed by atoms with Gasteiger partial charge in [-0.25, -0.2) is 4.79 Å². The third-order valence-electron chi connectivity index (χ3n) is 4.46. The second-order valence-electron chi connectivity index (χ2n) is 7.05. The minimum atomic E-state index is -1.65. The van der Waals surface area contributed by atoms with Gasteiger partial charge in [0, 0.05) is 30.0 Å². The molecule has 4 rings (SSSR count). The summed E-state index contributed by atoms with van der Waals surface area (Å²) in [7, 11) is 0. The topological polar surface area (TPSA) is 71.1 Å². The second-order valence-corrected chi connectivity index (χ2v) is 7.49. The Kier molecular flexibility index (Phi) is 4.73. The number of Topliss-reactive ketones (excluding diaryl/α,β-unsaturated/α-hetero) is 1. The molecule has 1 saturated heterocycles. The van der Waals surface area contributed by atoms with Gasteiger partial charge in [-0.15, -0.1) is 0 Å². The summed E-state index contributed by atoms with van der Waals surface area (Å²) in [5.41, 5.74) is -0.761. The summed E-state index contributed by atoms with van der Waals surface area (Å²) in [5, 5.41) is 0.432. The SMILES string of the molecule is CC1(C)OC(=O)C(C#CCC(=O)c2ccc3c(c2)OCO3)(c2cccc(Cl)c2)O1. The largest absolute Gasteiger partial charge is 0.454 e. The minimum absolute atomic E-state index is 0.112. The van der Waals surface area contributed by atoms with Crippen molar-refractivity contribution >= 4 is 23.4 Å². The van der Waals surface area contributed by atoms with Crippen LogP contribution in [-0.2, 0) is 19.9 Å². The Bertz CT molecular complexity index is 1060. The van der Waals surface area contributed by atoms with E-state index < -0.39 is 17.4 Å². The Balaban J connectivity index is 1.62. The molecule has 2 aromatic rings. The van der Waals surface area contributed by atoms with E-state index in [1.54, 1.807) is 56.3 Å². The van der Waals surface area contributed by atoms with Gasteiger partial charge >= 0.3 is 5.97 Å². The highest BCUT2D eigenvalue weighted by Crippen LogP contribution is 2.40. The predicted molar refractivity (Wildman–Crippen MR) is 104 cm³/mol. The van der Waals surface area contributed by atoms with Crippen molar-refractivity contribution in [1.82, 2.24) is 0 Å². The van der Waals surface area contributed by atoms with Gasteiger partial charge in [0.05, 0.1) is 6.42 Å². The first-order valence-electron chi connectivity index (χ1n) is 8.92. The first-order chi connectivity index (χ1) is 13.8. The molecule has 0 amide bonds. The molecule has 7 heteroatoms. The van der Waals surface area contributed by atoms with Crippen molar-refractivity contribution in [2.75, 3.05) is 6.79 Å². The van der Waals surface area contributed by atoms with Crippen LogP contribution in [0.2, 0.25) is 5.02 Å². The Morgan fingerprint density at radius 1 is 1.14 bits per heavy atom. The molecule has 2 heterocycles. The van der Waals surface area contributed by atoms with E-state index in [1.807, 2.05) is 0 Å². The van der Waals surface area contributed by atoms with Gasteiger partial charge in [-0.2, -0.15) is 0 Å². The quantitative estimate of drug-likeness (QED) is 0.433. The lowest BCUT2D eigenvalue weighted by Crippen LogP contribution is -2.33. The number of halogens is 1. The highest BCUT2D eigenvalue weighted by atomic mass is 35.5. The van der Waals surface area contributed by atoms with E-state index in [4.69, 9.17) is 30.5 Å². The number of ketones is 1. The molecule has 148 valence electrons. The van der Waals surface area contributed by atoms with Crippen LogP contribution < -0.4 is 9.47 Å². The van der Waals surface area contributed by atoms with Gasteiger partial charge in [-0.1, -0.05) is 35.6 Å². The van der Waals surface area contributed by atoms with E-state index in [2.05, 4.69) is 11.8 Å². The van der Waals surface area contributed by atoms with Crippen molar-refractivity contribution in [3.05, 3.63) is 58.6 Å². The van der Waals surface area contributed by atoms with Gasteiger partial charge in [0.2, 0.25) is 12.6 Å². The number of carbonyl (C=O) groups is 2. The van der Waals surface area contributed by atoms with Crippen LogP contribution in [0, 0.1) is 11.8 Å². The van der Waals surface area contributed by atoms with Crippen molar-refractivity contribution < 1.29 is 28.5 Å². The molecular weight excluding hydrogens is 396 g/mol. The fourth-order valence-corrected chi connectivity index (χ4v) is 3.37. The van der Waals surface area contributed by atoms with E-state index in [-0.39, 0.29) is 19.0 Å². The summed E-state index contributed by atoms with van der Waals surface area (Å²) < 4.78 is 21.8. The van der Waals surface area contributed by atoms with E-state index in [9.17, 15) is 9.59 Å². The fraction of sp³-hybridized carbons (Fsp3) is 0.273. The average Bonchev–Trinajstić information content (AvgIpc) is 3.22. The number of carbonyl (C=O) groups excluding carboxylic acids is 2. The van der Waals surface area contributed by atoms with E-state index in [0.29, 0.717) is 27.6 Å². The molecule has 0 spiro atoms. The zero-order valence-electron chi connectivity index (χ0n) is 15.8. The van der Waals surface area contributed by atoms with Gasteiger partial charge < -0.3 is 18.9 Å². The van der Waals surface area contributed by atoms with Gasteiger partial charge in [0.1, 0.15) is 0 Å². The van der Waals surface area contributed by atoms with Gasteiger partial charge in [-0.05, 0) is 30.3 Å². The molecule has 0 aliphatic carbocycles. The van der Waals surface area contributed by atoms with Crippen LogP contribution in [0.3, 0.4) is 0 Å². The van der Waals surface area contributed by atoms with Crippen LogP contribution in [0.1, 0.15) is 36.2 Å². The number of cyclic esters (lactones) is 1. The third kappa shape index (κ3) is 3.67. The van der Waals surface area contributed by atoms with Gasteiger partial charge in [0.25, 0.3) is 5.60 Å². The zero-order chi connectivity index (χ0) is 20.6. The Hall–Kier alpha value is -3.01. The van der Waals surface area contributed by atoms with E-state index in [1.165, 1.54) is 0 Å². The lowest BCUT2D eigenvalue weighted by atomic mass is 9.94. The maximum Gasteiger partial charge on any atom is 0.358 e. The van der Waals surface area contributed by atoms with Crippen LogP contribution in [0.4, 0.5) is 0 Å². The lowest BCUT2D eigenvalue weighted by Gasteiger charge is -2.21. The van der Waals surface area contributed by atoms with Crippen LogP contribution >= 0.6 is 11.6 Å². The number of hydrogen-bond donors (Lipinski definition) is 0. The highest BCUT2D eigenvalue weighted by molar-refractivity contribution is 6.30. The smallest absolute Gasteiger partial charge is 0.358 e. The Morgan fingerprint density at radius 3 is 2.66 bits per heavy atom. The number of esters is 1. The maximum absolute atomic E-state index is 12.7. The number of rotatable bonds is 3. The summed E-state index contributed by atoms with van der Waals surface area (Å²) in [5.74, 6) is 4.68. The Labute approximate surface area is 172 Å². The standard InChI is InChI=1S/C22H17ClO6/c1-21(2)28-20(25)22(29-21,15-5-3-6-16(23)12-15)10-4-7-17(24)14-8-9-18-19(11-14)27-13-26-18/h3,5-6,8-9,11-12H,7,13H2,1-2H3. The maximum atomic E-state index is 12.7. The zero-order valence-corrected chi connectivity index (χ0v) is 16.5. The molecule has 1 atom stereocenters. The molecule has 0 aromatic heterocycles. The van der Waals surface area contributed by atoms with Crippen molar-refractivity contribution in [3.63, 3.8) is 0 Å². The number of ether oxygens (including phenoxy) is 4. The van der Waals surface area contributed by atoms with Crippen LogP contribution in [0.25, 0.3) is 0 Å². The first kappa shape index (κ1) is 19.3. The summed E-state index contributed by atoms with van der Waals surface area (Å²) in [4.78, 5) is 25.2. The van der Waals surface area contributed by atoms with Gasteiger partial charge in [-0.3, -0.25) is 4.79 Å². The second kappa shape index (κ2) is 7.11. The van der Waals surface area contributed by atoms with Crippen molar-refractivity contribution in [3.8, 4) is 23.3 Å². The van der Waals surface area contributed by atoms with Crippen molar-refractivity contribution in [2.45, 2.75) is 31.7 Å². The average molecular weight is 413 g/mol. The first-order valence-corrected chi connectivity index (χ1v) is 9.29. The number of fused-ring (bicyclic) bond motifs is 1. The summed E-state index contributed by atoms with van der Waals surface area (Å²) in [6, 6.07) is 11.6. The number of benzene rings is 2. The van der Waals surface area contributed by atoms with E-state index in [0.717, 1.165) is 0 Å². The number of hydrogen-bond acceptors (Lipinski definition) is 6. The lowest BCUT2D eigenvalue weighted by molar-refractivity contribution is -0.163. The molecule has 0 radical (unpaired) electrons. The summed E-state index contributed by atoms with van der Waals surface area (Å²) >= 11 is 6.08. The van der Waals surface area contributed by atoms with E-state index >= 15 is 0 Å². The molecule has 0 saturated carbocycles. The van der Waals surface area contributed by atoms with Crippen LogP contribution in [0.5, 0.6) is 11.5 Å². The fourth-order valence-electron chi connectivity index (χ4n) is 3.18. The minimum Gasteiger partial charge on any atom is -0.454 e. The molecule has 2 aliphatic rings.